The van der Waals surface area contributed by atoms with E-state index < -0.39 is 12.0 Å². The molecule has 4 heteroatoms. The van der Waals surface area contributed by atoms with Gasteiger partial charge >= 0.3 is 5.97 Å². The first-order valence-corrected chi connectivity index (χ1v) is 6.45. The Morgan fingerprint density at radius 2 is 2.11 bits per heavy atom. The van der Waals surface area contributed by atoms with Crippen LogP contribution >= 0.6 is 11.6 Å². The first-order chi connectivity index (χ1) is 8.47. The molecular weight excluding hydrogens is 252 g/mol. The molecule has 0 amide bonds. The number of halogens is 1. The van der Waals surface area contributed by atoms with E-state index in [2.05, 4.69) is 0 Å². The molecule has 100 valence electrons. The van der Waals surface area contributed by atoms with Crippen LogP contribution in [0.15, 0.2) is 24.3 Å². The zero-order chi connectivity index (χ0) is 13.7. The van der Waals surface area contributed by atoms with Crippen molar-refractivity contribution in [2.24, 2.45) is 11.8 Å². The zero-order valence-electron chi connectivity index (χ0n) is 10.9. The number of esters is 1. The molecule has 1 N–H and O–H groups in total. The number of hydrogen-bond donors (Lipinski definition) is 1. The highest BCUT2D eigenvalue weighted by molar-refractivity contribution is 6.30. The Balaban J connectivity index is 2.96. The van der Waals surface area contributed by atoms with E-state index in [-0.39, 0.29) is 11.9 Å². The van der Waals surface area contributed by atoms with Gasteiger partial charge in [0, 0.05) is 5.02 Å². The van der Waals surface area contributed by atoms with Crippen LogP contribution < -0.4 is 0 Å². The van der Waals surface area contributed by atoms with Crippen LogP contribution in [-0.4, -0.2) is 17.7 Å². The number of carbonyl (C=O) groups excluding carboxylic acids is 1. The van der Waals surface area contributed by atoms with Gasteiger partial charge in [-0.05, 0) is 30.5 Å². The normalized spacial score (nSPS) is 14.3. The van der Waals surface area contributed by atoms with Gasteiger partial charge in [0.05, 0.1) is 18.6 Å². The topological polar surface area (TPSA) is 46.5 Å². The van der Waals surface area contributed by atoms with Crippen molar-refractivity contribution in [1.82, 2.24) is 0 Å². The van der Waals surface area contributed by atoms with Crippen molar-refractivity contribution in [2.75, 3.05) is 6.61 Å². The van der Waals surface area contributed by atoms with E-state index in [9.17, 15) is 9.90 Å². The van der Waals surface area contributed by atoms with Crippen LogP contribution in [0.25, 0.3) is 0 Å². The van der Waals surface area contributed by atoms with Crippen molar-refractivity contribution in [3.05, 3.63) is 34.9 Å². The summed E-state index contributed by atoms with van der Waals surface area (Å²) in [4.78, 5) is 11.9. The van der Waals surface area contributed by atoms with Gasteiger partial charge in [-0.15, -0.1) is 0 Å². The van der Waals surface area contributed by atoms with Gasteiger partial charge in [-0.2, -0.15) is 0 Å². The van der Waals surface area contributed by atoms with Gasteiger partial charge in [0.25, 0.3) is 0 Å². The van der Waals surface area contributed by atoms with Crippen LogP contribution in [0.2, 0.25) is 5.02 Å². The molecule has 0 fully saturated rings. The van der Waals surface area contributed by atoms with Crippen molar-refractivity contribution in [1.29, 1.82) is 0 Å². The first kappa shape index (κ1) is 15.0. The van der Waals surface area contributed by atoms with Gasteiger partial charge in [0.1, 0.15) is 0 Å². The summed E-state index contributed by atoms with van der Waals surface area (Å²) in [6.45, 7) is 5.83. The summed E-state index contributed by atoms with van der Waals surface area (Å²) in [7, 11) is 0. The largest absolute Gasteiger partial charge is 0.466 e. The monoisotopic (exact) mass is 270 g/mol. The van der Waals surface area contributed by atoms with Crippen molar-refractivity contribution < 1.29 is 14.6 Å². The average molecular weight is 271 g/mol. The molecular formula is C14H19ClO3. The summed E-state index contributed by atoms with van der Waals surface area (Å²) in [5, 5.41) is 10.9. The number of benzene rings is 1. The Bertz CT molecular complexity index is 404. The summed E-state index contributed by atoms with van der Waals surface area (Å²) in [6, 6.07) is 6.90. The predicted octanol–water partition coefficient (Wildman–Crippen LogP) is 3.21. The van der Waals surface area contributed by atoms with Crippen molar-refractivity contribution in [3.63, 3.8) is 0 Å². The van der Waals surface area contributed by atoms with E-state index in [1.54, 1.807) is 31.2 Å². The number of aliphatic hydroxyl groups excluding tert-OH is 1. The molecule has 0 radical (unpaired) electrons. The van der Waals surface area contributed by atoms with E-state index in [1.807, 2.05) is 13.8 Å². The molecule has 0 aliphatic carbocycles. The fourth-order valence-electron chi connectivity index (χ4n) is 1.90. The van der Waals surface area contributed by atoms with Gasteiger partial charge in [-0.3, -0.25) is 4.79 Å². The van der Waals surface area contributed by atoms with Crippen molar-refractivity contribution in [2.45, 2.75) is 26.9 Å². The lowest BCUT2D eigenvalue weighted by atomic mass is 9.86. The van der Waals surface area contributed by atoms with Crippen LogP contribution in [-0.2, 0) is 9.53 Å². The number of carbonyl (C=O) groups is 1. The summed E-state index contributed by atoms with van der Waals surface area (Å²) in [5.41, 5.74) is 0.634. The molecule has 0 saturated carbocycles. The molecule has 1 aromatic rings. The first-order valence-electron chi connectivity index (χ1n) is 6.07. The van der Waals surface area contributed by atoms with E-state index in [1.165, 1.54) is 0 Å². The SMILES string of the molecule is CCOC(=O)C(C(C)C)C(O)c1cccc(Cl)c1. The Morgan fingerprint density at radius 3 is 2.61 bits per heavy atom. The smallest absolute Gasteiger partial charge is 0.312 e. The lowest BCUT2D eigenvalue weighted by molar-refractivity contribution is -0.154. The highest BCUT2D eigenvalue weighted by Gasteiger charge is 2.32. The fourth-order valence-corrected chi connectivity index (χ4v) is 2.10. The van der Waals surface area contributed by atoms with Gasteiger partial charge < -0.3 is 9.84 Å². The summed E-state index contributed by atoms with van der Waals surface area (Å²) >= 11 is 5.89. The molecule has 0 heterocycles. The molecule has 0 spiro atoms. The number of hydrogen-bond acceptors (Lipinski definition) is 3. The molecule has 0 bridgehead atoms. The Morgan fingerprint density at radius 1 is 1.44 bits per heavy atom. The van der Waals surface area contributed by atoms with E-state index in [0.29, 0.717) is 17.2 Å². The molecule has 0 saturated heterocycles. The zero-order valence-corrected chi connectivity index (χ0v) is 11.6. The van der Waals surface area contributed by atoms with Crippen LogP contribution in [0.5, 0.6) is 0 Å². The standard InChI is InChI=1S/C14H19ClO3/c1-4-18-14(17)12(9(2)3)13(16)10-6-5-7-11(15)8-10/h5-9,12-13,16H,4H2,1-3H3. The van der Waals surface area contributed by atoms with Gasteiger partial charge in [-0.25, -0.2) is 0 Å². The molecule has 0 aliphatic heterocycles. The molecule has 1 aromatic carbocycles. The summed E-state index contributed by atoms with van der Waals surface area (Å²) in [6.07, 6.45) is -0.900. The van der Waals surface area contributed by atoms with Crippen LogP contribution in [0.4, 0.5) is 0 Å². The van der Waals surface area contributed by atoms with E-state index in [4.69, 9.17) is 16.3 Å². The summed E-state index contributed by atoms with van der Waals surface area (Å²) < 4.78 is 5.01. The number of ether oxygens (including phenoxy) is 1. The minimum Gasteiger partial charge on any atom is -0.466 e. The summed E-state index contributed by atoms with van der Waals surface area (Å²) in [5.74, 6) is -0.971. The minimum atomic E-state index is -0.900. The van der Waals surface area contributed by atoms with Gasteiger partial charge in [0.15, 0.2) is 0 Å². The Labute approximate surface area is 113 Å². The predicted molar refractivity (Wildman–Crippen MR) is 71.4 cm³/mol. The van der Waals surface area contributed by atoms with Gasteiger partial charge in [0.2, 0.25) is 0 Å². The molecule has 0 aromatic heterocycles. The average Bonchev–Trinajstić information content (AvgIpc) is 2.28. The van der Waals surface area contributed by atoms with Crippen LogP contribution in [0.1, 0.15) is 32.4 Å². The highest BCUT2D eigenvalue weighted by atomic mass is 35.5. The lowest BCUT2D eigenvalue weighted by Gasteiger charge is -2.24. The molecule has 1 rings (SSSR count). The molecule has 2 atom stereocenters. The second-order valence-corrected chi connectivity index (χ2v) is 4.96. The lowest BCUT2D eigenvalue weighted by Crippen LogP contribution is -2.29. The maximum absolute atomic E-state index is 11.9. The quantitative estimate of drug-likeness (QED) is 0.836. The molecule has 0 aliphatic rings. The Kier molecular flexibility index (Phi) is 5.63. The highest BCUT2D eigenvalue weighted by Crippen LogP contribution is 2.30. The third-order valence-corrected chi connectivity index (χ3v) is 3.04. The second kappa shape index (κ2) is 6.76. The third-order valence-electron chi connectivity index (χ3n) is 2.81. The maximum atomic E-state index is 11.9. The minimum absolute atomic E-state index is 0.0157. The molecule has 18 heavy (non-hydrogen) atoms. The fraction of sp³-hybridized carbons (Fsp3) is 0.500. The van der Waals surface area contributed by atoms with Crippen molar-refractivity contribution >= 4 is 17.6 Å². The van der Waals surface area contributed by atoms with E-state index >= 15 is 0 Å². The molecule has 3 nitrogen and oxygen atoms in total. The van der Waals surface area contributed by atoms with Gasteiger partial charge in [-0.1, -0.05) is 37.6 Å². The van der Waals surface area contributed by atoms with Crippen LogP contribution in [0.3, 0.4) is 0 Å². The third kappa shape index (κ3) is 3.72. The van der Waals surface area contributed by atoms with Crippen molar-refractivity contribution in [3.8, 4) is 0 Å². The van der Waals surface area contributed by atoms with E-state index in [0.717, 1.165) is 0 Å². The second-order valence-electron chi connectivity index (χ2n) is 4.52. The Hall–Kier alpha value is -1.06. The molecule has 2 unspecified atom stereocenters. The number of aliphatic hydroxyl groups is 1. The number of rotatable bonds is 5. The maximum Gasteiger partial charge on any atom is 0.312 e. The van der Waals surface area contributed by atoms with Crippen LogP contribution in [0, 0.1) is 11.8 Å².